The van der Waals surface area contributed by atoms with Gasteiger partial charge in [-0.2, -0.15) is 0 Å². The lowest BCUT2D eigenvalue weighted by Crippen LogP contribution is -1.93. The summed E-state index contributed by atoms with van der Waals surface area (Å²) in [5.41, 5.74) is 8.08. The van der Waals surface area contributed by atoms with Crippen LogP contribution in [0.4, 0.5) is 5.88 Å². The first-order chi connectivity index (χ1) is 7.65. The summed E-state index contributed by atoms with van der Waals surface area (Å²) in [7, 11) is 1.59. The lowest BCUT2D eigenvalue weighted by molar-refractivity contribution is 0.416. The minimum absolute atomic E-state index is 0.253. The molecule has 2 N–H and O–H groups in total. The number of hydrogen-bond acceptors (Lipinski definition) is 4. The van der Waals surface area contributed by atoms with Crippen molar-refractivity contribution in [2.75, 3.05) is 12.8 Å². The maximum absolute atomic E-state index is 6.06. The van der Waals surface area contributed by atoms with Gasteiger partial charge in [0, 0.05) is 10.6 Å². The van der Waals surface area contributed by atoms with Crippen molar-refractivity contribution in [1.82, 2.24) is 5.16 Å². The van der Waals surface area contributed by atoms with Crippen LogP contribution < -0.4 is 10.5 Å². The van der Waals surface area contributed by atoms with Gasteiger partial charge in [-0.15, -0.1) is 0 Å². The summed E-state index contributed by atoms with van der Waals surface area (Å²) in [5, 5.41) is 4.30. The number of hydrogen-bond donors (Lipinski definition) is 1. The Balaban J connectivity index is 2.72. The molecular weight excluding hydrogens is 228 g/mol. The van der Waals surface area contributed by atoms with Crippen LogP contribution >= 0.6 is 11.6 Å². The zero-order valence-corrected chi connectivity index (χ0v) is 9.71. The molecule has 2 rings (SSSR count). The Morgan fingerprint density at radius 3 is 2.75 bits per heavy atom. The standard InChI is InChI=1S/C11H11ClN2O2/c1-6-8(12)3-4-9(15-2)10(6)7-5-14-16-11(7)13/h3-5H,13H2,1-2H3. The van der Waals surface area contributed by atoms with E-state index < -0.39 is 0 Å². The Morgan fingerprint density at radius 2 is 2.19 bits per heavy atom. The first-order valence-corrected chi connectivity index (χ1v) is 5.06. The van der Waals surface area contributed by atoms with Crippen molar-refractivity contribution in [2.45, 2.75) is 6.92 Å². The van der Waals surface area contributed by atoms with Crippen LogP contribution in [-0.4, -0.2) is 12.3 Å². The van der Waals surface area contributed by atoms with Gasteiger partial charge in [-0.25, -0.2) is 0 Å². The molecule has 16 heavy (non-hydrogen) atoms. The largest absolute Gasteiger partial charge is 0.496 e. The van der Waals surface area contributed by atoms with E-state index >= 15 is 0 Å². The van der Waals surface area contributed by atoms with Crippen molar-refractivity contribution in [3.8, 4) is 16.9 Å². The van der Waals surface area contributed by atoms with Gasteiger partial charge in [0.15, 0.2) is 0 Å². The van der Waals surface area contributed by atoms with Crippen LogP contribution in [0.15, 0.2) is 22.9 Å². The molecule has 0 aliphatic heterocycles. The number of nitrogens with two attached hydrogens (primary N) is 1. The second-order valence-corrected chi connectivity index (χ2v) is 3.76. The van der Waals surface area contributed by atoms with E-state index in [4.69, 9.17) is 26.6 Å². The van der Waals surface area contributed by atoms with Crippen molar-refractivity contribution in [1.29, 1.82) is 0 Å². The fourth-order valence-corrected chi connectivity index (χ4v) is 1.76. The third-order valence-corrected chi connectivity index (χ3v) is 2.86. The quantitative estimate of drug-likeness (QED) is 0.874. The molecule has 2 aromatic rings. The highest BCUT2D eigenvalue weighted by molar-refractivity contribution is 6.31. The molecule has 1 aromatic carbocycles. The Labute approximate surface area is 97.9 Å². The van der Waals surface area contributed by atoms with Gasteiger partial charge in [0.2, 0.25) is 5.88 Å². The topological polar surface area (TPSA) is 61.3 Å². The monoisotopic (exact) mass is 238 g/mol. The Kier molecular flexibility index (Phi) is 2.75. The number of rotatable bonds is 2. The van der Waals surface area contributed by atoms with Crippen LogP contribution in [0, 0.1) is 6.92 Å². The number of ether oxygens (including phenoxy) is 1. The number of aromatic nitrogens is 1. The van der Waals surface area contributed by atoms with E-state index in [2.05, 4.69) is 5.16 Å². The lowest BCUT2D eigenvalue weighted by atomic mass is 10.0. The summed E-state index contributed by atoms with van der Waals surface area (Å²) in [5.74, 6) is 0.945. The van der Waals surface area contributed by atoms with Crippen molar-refractivity contribution in [2.24, 2.45) is 0 Å². The molecule has 0 saturated carbocycles. The van der Waals surface area contributed by atoms with Crippen molar-refractivity contribution >= 4 is 17.5 Å². The number of benzene rings is 1. The van der Waals surface area contributed by atoms with E-state index in [1.54, 1.807) is 25.4 Å². The second kappa shape index (κ2) is 4.06. The fraction of sp³-hybridized carbons (Fsp3) is 0.182. The average molecular weight is 239 g/mol. The molecule has 0 radical (unpaired) electrons. The first-order valence-electron chi connectivity index (χ1n) is 4.68. The summed E-state index contributed by atoms with van der Waals surface area (Å²) in [6.07, 6.45) is 1.55. The van der Waals surface area contributed by atoms with E-state index in [1.165, 1.54) is 0 Å². The first kappa shape index (κ1) is 10.8. The molecule has 0 aliphatic rings. The highest BCUT2D eigenvalue weighted by Gasteiger charge is 2.16. The van der Waals surface area contributed by atoms with E-state index in [0.29, 0.717) is 16.3 Å². The summed E-state index contributed by atoms with van der Waals surface area (Å²) in [6.45, 7) is 1.90. The predicted molar refractivity (Wildman–Crippen MR) is 62.7 cm³/mol. The molecule has 0 amide bonds. The van der Waals surface area contributed by atoms with Gasteiger partial charge in [0.25, 0.3) is 0 Å². The fourth-order valence-electron chi connectivity index (χ4n) is 1.60. The van der Waals surface area contributed by atoms with Gasteiger partial charge in [0.05, 0.1) is 18.9 Å². The molecular formula is C11H11ClN2O2. The molecule has 0 fully saturated rings. The van der Waals surface area contributed by atoms with Gasteiger partial charge in [-0.05, 0) is 24.6 Å². The molecule has 0 aliphatic carbocycles. The van der Waals surface area contributed by atoms with Crippen LogP contribution in [0.1, 0.15) is 5.56 Å². The van der Waals surface area contributed by atoms with Crippen LogP contribution in [-0.2, 0) is 0 Å². The molecule has 4 nitrogen and oxygen atoms in total. The molecule has 0 bridgehead atoms. The lowest BCUT2D eigenvalue weighted by Gasteiger charge is -2.11. The van der Waals surface area contributed by atoms with Crippen LogP contribution in [0.2, 0.25) is 5.02 Å². The molecule has 1 aromatic heterocycles. The number of methoxy groups -OCH3 is 1. The van der Waals surface area contributed by atoms with Gasteiger partial charge in [-0.1, -0.05) is 16.8 Å². The van der Waals surface area contributed by atoms with E-state index in [1.807, 2.05) is 6.92 Å². The molecule has 84 valence electrons. The van der Waals surface area contributed by atoms with Crippen LogP contribution in [0.25, 0.3) is 11.1 Å². The average Bonchev–Trinajstić information content (AvgIpc) is 2.68. The van der Waals surface area contributed by atoms with E-state index in [0.717, 1.165) is 11.1 Å². The maximum Gasteiger partial charge on any atom is 0.230 e. The Morgan fingerprint density at radius 1 is 1.44 bits per heavy atom. The van der Waals surface area contributed by atoms with Gasteiger partial charge in [-0.3, -0.25) is 0 Å². The van der Waals surface area contributed by atoms with Crippen LogP contribution in [0.3, 0.4) is 0 Å². The summed E-state index contributed by atoms with van der Waals surface area (Å²) in [4.78, 5) is 0. The highest BCUT2D eigenvalue weighted by Crippen LogP contribution is 2.39. The zero-order chi connectivity index (χ0) is 11.7. The van der Waals surface area contributed by atoms with Crippen molar-refractivity contribution < 1.29 is 9.26 Å². The van der Waals surface area contributed by atoms with Crippen molar-refractivity contribution in [3.05, 3.63) is 28.9 Å². The third kappa shape index (κ3) is 1.61. The smallest absolute Gasteiger partial charge is 0.230 e. The number of nitrogens with zero attached hydrogens (tertiary/aromatic N) is 1. The van der Waals surface area contributed by atoms with Gasteiger partial charge in [0.1, 0.15) is 5.75 Å². The van der Waals surface area contributed by atoms with Gasteiger partial charge < -0.3 is 15.0 Å². The molecule has 1 heterocycles. The molecule has 0 spiro atoms. The minimum Gasteiger partial charge on any atom is -0.496 e. The summed E-state index contributed by atoms with van der Waals surface area (Å²) in [6, 6.07) is 3.57. The molecule has 0 atom stereocenters. The van der Waals surface area contributed by atoms with Crippen molar-refractivity contribution in [3.63, 3.8) is 0 Å². The van der Waals surface area contributed by atoms with Crippen LogP contribution in [0.5, 0.6) is 5.75 Å². The highest BCUT2D eigenvalue weighted by atomic mass is 35.5. The Bertz CT molecular complexity index is 523. The molecule has 0 saturated heterocycles. The molecule has 5 heteroatoms. The maximum atomic E-state index is 6.06. The third-order valence-electron chi connectivity index (χ3n) is 2.45. The SMILES string of the molecule is COc1ccc(Cl)c(C)c1-c1cnoc1N. The van der Waals surface area contributed by atoms with Gasteiger partial charge >= 0.3 is 0 Å². The summed E-state index contributed by atoms with van der Waals surface area (Å²) < 4.78 is 10.1. The summed E-state index contributed by atoms with van der Waals surface area (Å²) >= 11 is 6.06. The predicted octanol–water partition coefficient (Wildman–Crippen LogP) is 2.89. The number of nitrogen functional groups attached to an aromatic ring is 1. The normalized spacial score (nSPS) is 10.4. The van der Waals surface area contributed by atoms with E-state index in [9.17, 15) is 0 Å². The second-order valence-electron chi connectivity index (χ2n) is 3.35. The zero-order valence-electron chi connectivity index (χ0n) is 8.95. The molecule has 0 unspecified atom stereocenters. The number of halogens is 1. The van der Waals surface area contributed by atoms with E-state index in [-0.39, 0.29) is 5.88 Å². The minimum atomic E-state index is 0.253. The number of anilines is 1. The Hall–Kier alpha value is -1.68.